The Bertz CT molecular complexity index is 309. The molecule has 1 saturated carbocycles. The third-order valence-electron chi connectivity index (χ3n) is 2.89. The highest BCUT2D eigenvalue weighted by atomic mass is 16.5. The van der Waals surface area contributed by atoms with E-state index in [4.69, 9.17) is 9.63 Å². The Morgan fingerprint density at radius 1 is 1.53 bits per heavy atom. The smallest absolute Gasteiger partial charge is 0.223 e. The molecule has 2 rings (SSSR count). The molecule has 1 N–H and O–H groups in total. The molecule has 1 aliphatic carbocycles. The predicted molar refractivity (Wildman–Crippen MR) is 54.2 cm³/mol. The van der Waals surface area contributed by atoms with Crippen LogP contribution < -0.4 is 0 Å². The van der Waals surface area contributed by atoms with Crippen LogP contribution in [0.15, 0.2) is 4.52 Å². The fraction of sp³-hybridized carbons (Fsp3) is 0.800. The zero-order valence-corrected chi connectivity index (χ0v) is 9.02. The van der Waals surface area contributed by atoms with Crippen LogP contribution in [0, 0.1) is 6.92 Å². The second-order valence-corrected chi connectivity index (χ2v) is 4.01. The summed E-state index contributed by atoms with van der Waals surface area (Å²) >= 11 is 0. The fourth-order valence-corrected chi connectivity index (χ4v) is 1.86. The Kier molecular flexibility index (Phi) is 3.33. The van der Waals surface area contributed by atoms with E-state index in [2.05, 4.69) is 15.0 Å². The van der Waals surface area contributed by atoms with Crippen molar-refractivity contribution in [3.63, 3.8) is 0 Å². The molecule has 15 heavy (non-hydrogen) atoms. The maximum Gasteiger partial charge on any atom is 0.223 e. The zero-order chi connectivity index (χ0) is 10.7. The normalized spacial score (nSPS) is 17.0. The first-order valence-electron chi connectivity index (χ1n) is 5.43. The molecule has 1 aliphatic rings. The summed E-state index contributed by atoms with van der Waals surface area (Å²) < 4.78 is 4.92. The first-order valence-corrected chi connectivity index (χ1v) is 5.43. The molecular formula is C10H17N3O2. The molecule has 0 amide bonds. The number of aliphatic hydroxyl groups is 1. The van der Waals surface area contributed by atoms with E-state index >= 15 is 0 Å². The van der Waals surface area contributed by atoms with Crippen LogP contribution in [0.2, 0.25) is 0 Å². The number of hydrogen-bond acceptors (Lipinski definition) is 5. The second kappa shape index (κ2) is 4.72. The summed E-state index contributed by atoms with van der Waals surface area (Å²) in [4.78, 5) is 6.40. The number of aryl methyl sites for hydroxylation is 1. The van der Waals surface area contributed by atoms with Crippen LogP contribution in [-0.2, 0) is 6.54 Å². The minimum Gasteiger partial charge on any atom is -0.395 e. The Labute approximate surface area is 89.1 Å². The monoisotopic (exact) mass is 211 g/mol. The third-order valence-corrected chi connectivity index (χ3v) is 2.89. The van der Waals surface area contributed by atoms with Gasteiger partial charge in [-0.2, -0.15) is 4.98 Å². The topological polar surface area (TPSA) is 62.4 Å². The van der Waals surface area contributed by atoms with E-state index in [0.29, 0.717) is 30.8 Å². The average Bonchev–Trinajstić information content (AvgIpc) is 2.48. The van der Waals surface area contributed by atoms with Crippen molar-refractivity contribution < 1.29 is 9.63 Å². The summed E-state index contributed by atoms with van der Waals surface area (Å²) in [6, 6.07) is 0.593. The molecule has 5 nitrogen and oxygen atoms in total. The lowest BCUT2D eigenvalue weighted by Crippen LogP contribution is -2.41. The van der Waals surface area contributed by atoms with Gasteiger partial charge in [0, 0.05) is 19.5 Å². The van der Waals surface area contributed by atoms with Crippen LogP contribution >= 0.6 is 0 Å². The van der Waals surface area contributed by atoms with Gasteiger partial charge in [-0.3, -0.25) is 4.90 Å². The van der Waals surface area contributed by atoms with Gasteiger partial charge in [-0.15, -0.1) is 0 Å². The molecule has 0 unspecified atom stereocenters. The number of aromatic nitrogens is 2. The van der Waals surface area contributed by atoms with Gasteiger partial charge in [-0.25, -0.2) is 0 Å². The predicted octanol–water partition coefficient (Wildman–Crippen LogP) is 0.725. The van der Waals surface area contributed by atoms with Crippen molar-refractivity contribution in [3.05, 3.63) is 11.7 Å². The highest BCUT2D eigenvalue weighted by Gasteiger charge is 2.25. The van der Waals surface area contributed by atoms with Crippen molar-refractivity contribution in [2.75, 3.05) is 13.2 Å². The van der Waals surface area contributed by atoms with Gasteiger partial charge in [-0.05, 0) is 12.8 Å². The SMILES string of the molecule is Cc1nc(CN(CCO)C2CCC2)no1. The van der Waals surface area contributed by atoms with Gasteiger partial charge < -0.3 is 9.63 Å². The van der Waals surface area contributed by atoms with Crippen LogP contribution in [0.5, 0.6) is 0 Å². The fourth-order valence-electron chi connectivity index (χ4n) is 1.86. The maximum absolute atomic E-state index is 8.98. The van der Waals surface area contributed by atoms with Gasteiger partial charge in [0.1, 0.15) is 0 Å². The highest BCUT2D eigenvalue weighted by molar-refractivity contribution is 4.88. The van der Waals surface area contributed by atoms with Gasteiger partial charge >= 0.3 is 0 Å². The molecule has 0 atom stereocenters. The van der Waals surface area contributed by atoms with Gasteiger partial charge in [-0.1, -0.05) is 11.6 Å². The molecule has 0 aliphatic heterocycles. The van der Waals surface area contributed by atoms with Crippen LogP contribution in [0.4, 0.5) is 0 Å². The highest BCUT2D eigenvalue weighted by Crippen LogP contribution is 2.25. The Morgan fingerprint density at radius 2 is 2.33 bits per heavy atom. The number of aliphatic hydroxyl groups excluding tert-OH is 1. The molecule has 1 aromatic rings. The minimum atomic E-state index is 0.188. The molecule has 1 heterocycles. The van der Waals surface area contributed by atoms with E-state index < -0.39 is 0 Å². The third kappa shape index (κ3) is 2.54. The van der Waals surface area contributed by atoms with E-state index in [-0.39, 0.29) is 6.61 Å². The molecule has 0 radical (unpaired) electrons. The van der Waals surface area contributed by atoms with Gasteiger partial charge in [0.25, 0.3) is 0 Å². The molecule has 5 heteroatoms. The number of rotatable bonds is 5. The summed E-state index contributed by atoms with van der Waals surface area (Å²) in [6.07, 6.45) is 3.73. The van der Waals surface area contributed by atoms with Crippen molar-refractivity contribution in [1.29, 1.82) is 0 Å². The van der Waals surface area contributed by atoms with E-state index in [0.717, 1.165) is 0 Å². The lowest BCUT2D eigenvalue weighted by atomic mass is 9.91. The summed E-state index contributed by atoms with van der Waals surface area (Å²) in [6.45, 7) is 3.35. The van der Waals surface area contributed by atoms with E-state index in [1.165, 1.54) is 19.3 Å². The quantitative estimate of drug-likeness (QED) is 0.777. The summed E-state index contributed by atoms with van der Waals surface area (Å²) in [5.41, 5.74) is 0. The first-order chi connectivity index (χ1) is 7.29. The van der Waals surface area contributed by atoms with Gasteiger partial charge in [0.2, 0.25) is 5.89 Å². The molecule has 1 fully saturated rings. The second-order valence-electron chi connectivity index (χ2n) is 4.01. The van der Waals surface area contributed by atoms with Crippen LogP contribution in [0.3, 0.4) is 0 Å². The van der Waals surface area contributed by atoms with Gasteiger partial charge in [0.05, 0.1) is 13.2 Å². The largest absolute Gasteiger partial charge is 0.395 e. The van der Waals surface area contributed by atoms with E-state index in [1.54, 1.807) is 6.92 Å². The Morgan fingerprint density at radius 3 is 2.80 bits per heavy atom. The maximum atomic E-state index is 8.98. The van der Waals surface area contributed by atoms with E-state index in [9.17, 15) is 0 Å². The Hall–Kier alpha value is -0.940. The van der Waals surface area contributed by atoms with Crippen molar-refractivity contribution >= 4 is 0 Å². The average molecular weight is 211 g/mol. The van der Waals surface area contributed by atoms with Gasteiger partial charge in [0.15, 0.2) is 5.82 Å². The molecule has 84 valence electrons. The first kappa shape index (κ1) is 10.6. The van der Waals surface area contributed by atoms with Crippen molar-refractivity contribution in [3.8, 4) is 0 Å². The molecule has 1 aromatic heterocycles. The van der Waals surface area contributed by atoms with Crippen molar-refractivity contribution in [2.24, 2.45) is 0 Å². The lowest BCUT2D eigenvalue weighted by molar-refractivity contribution is 0.0912. The minimum absolute atomic E-state index is 0.188. The summed E-state index contributed by atoms with van der Waals surface area (Å²) in [5, 5.41) is 12.9. The molecular weight excluding hydrogens is 194 g/mol. The van der Waals surface area contributed by atoms with Crippen molar-refractivity contribution in [1.82, 2.24) is 15.0 Å². The standard InChI is InChI=1S/C10H17N3O2/c1-8-11-10(12-15-8)7-13(5-6-14)9-3-2-4-9/h9,14H,2-7H2,1H3. The van der Waals surface area contributed by atoms with Crippen molar-refractivity contribution in [2.45, 2.75) is 38.8 Å². The number of hydrogen-bond donors (Lipinski definition) is 1. The van der Waals surface area contributed by atoms with Crippen LogP contribution in [-0.4, -0.2) is 39.3 Å². The lowest BCUT2D eigenvalue weighted by Gasteiger charge is -2.36. The Balaban J connectivity index is 1.93. The molecule has 0 bridgehead atoms. The zero-order valence-electron chi connectivity index (χ0n) is 9.02. The molecule has 0 saturated heterocycles. The summed E-state index contributed by atoms with van der Waals surface area (Å²) in [5.74, 6) is 1.32. The van der Waals surface area contributed by atoms with Crippen LogP contribution in [0.25, 0.3) is 0 Å². The molecule has 0 spiro atoms. The van der Waals surface area contributed by atoms with Crippen LogP contribution in [0.1, 0.15) is 31.0 Å². The number of nitrogens with zero attached hydrogens (tertiary/aromatic N) is 3. The summed E-state index contributed by atoms with van der Waals surface area (Å²) in [7, 11) is 0. The molecule has 0 aromatic carbocycles. The van der Waals surface area contributed by atoms with E-state index in [1.807, 2.05) is 0 Å².